The van der Waals surface area contributed by atoms with Crippen LogP contribution >= 0.6 is 11.6 Å². The number of halogens is 1. The van der Waals surface area contributed by atoms with Crippen LogP contribution in [0.25, 0.3) is 11.3 Å². The lowest BCUT2D eigenvalue weighted by Gasteiger charge is -2.11. The first kappa shape index (κ1) is 18.2. The first-order valence-electron chi connectivity index (χ1n) is 8.40. The van der Waals surface area contributed by atoms with Gasteiger partial charge in [0.2, 0.25) is 5.95 Å². The van der Waals surface area contributed by atoms with Gasteiger partial charge in [0.05, 0.1) is 12.3 Å². The molecule has 134 valence electrons. The van der Waals surface area contributed by atoms with Gasteiger partial charge in [0.15, 0.2) is 0 Å². The quantitative estimate of drug-likeness (QED) is 0.574. The molecular formula is C20H21ClN4O. The molecule has 0 fully saturated rings. The average Bonchev–Trinajstić information content (AvgIpc) is 2.68. The Morgan fingerprint density at radius 1 is 0.962 bits per heavy atom. The monoisotopic (exact) mass is 368 g/mol. The summed E-state index contributed by atoms with van der Waals surface area (Å²) in [6.45, 7) is 1.89. The van der Waals surface area contributed by atoms with Crippen molar-refractivity contribution in [3.8, 4) is 11.3 Å². The van der Waals surface area contributed by atoms with Crippen molar-refractivity contribution in [2.75, 3.05) is 30.9 Å². The van der Waals surface area contributed by atoms with Crippen LogP contribution in [0.15, 0.2) is 60.7 Å². The number of hydrogen-bond acceptors (Lipinski definition) is 5. The Kier molecular flexibility index (Phi) is 6.41. The molecule has 0 aliphatic heterocycles. The normalized spacial score (nSPS) is 10.5. The molecule has 3 rings (SSSR count). The highest BCUT2D eigenvalue weighted by atomic mass is 35.5. The van der Waals surface area contributed by atoms with Crippen molar-refractivity contribution < 1.29 is 4.74 Å². The standard InChI is InChI=1S/C20H21ClN4O/c1-26-12-11-22-20-24-18(16-5-3-2-4-6-16)13-19(25-20)23-14-15-7-9-17(21)10-8-15/h2-10,13H,11-12,14H2,1H3,(H2,22,23,24,25). The Balaban J connectivity index is 1.80. The van der Waals surface area contributed by atoms with Gasteiger partial charge in [-0.25, -0.2) is 4.98 Å². The summed E-state index contributed by atoms with van der Waals surface area (Å²) < 4.78 is 5.08. The highest BCUT2D eigenvalue weighted by Gasteiger charge is 2.07. The third-order valence-corrected chi connectivity index (χ3v) is 4.02. The average molecular weight is 369 g/mol. The van der Waals surface area contributed by atoms with E-state index in [0.29, 0.717) is 25.6 Å². The van der Waals surface area contributed by atoms with Gasteiger partial charge in [-0.2, -0.15) is 4.98 Å². The van der Waals surface area contributed by atoms with Crippen LogP contribution in [-0.2, 0) is 11.3 Å². The summed E-state index contributed by atoms with van der Waals surface area (Å²) in [5.41, 5.74) is 3.03. The summed E-state index contributed by atoms with van der Waals surface area (Å²) in [4.78, 5) is 9.16. The SMILES string of the molecule is COCCNc1nc(NCc2ccc(Cl)cc2)cc(-c2ccccc2)n1. The summed E-state index contributed by atoms with van der Waals surface area (Å²) in [6.07, 6.45) is 0. The van der Waals surface area contributed by atoms with E-state index in [1.807, 2.05) is 60.7 Å². The molecule has 2 aromatic carbocycles. The van der Waals surface area contributed by atoms with E-state index in [9.17, 15) is 0 Å². The van der Waals surface area contributed by atoms with Crippen LogP contribution in [0.2, 0.25) is 5.02 Å². The lowest BCUT2D eigenvalue weighted by molar-refractivity contribution is 0.210. The molecule has 1 aromatic heterocycles. The molecule has 0 atom stereocenters. The van der Waals surface area contributed by atoms with Crippen LogP contribution in [0, 0.1) is 0 Å². The third-order valence-electron chi connectivity index (χ3n) is 3.77. The van der Waals surface area contributed by atoms with Gasteiger partial charge in [-0.15, -0.1) is 0 Å². The highest BCUT2D eigenvalue weighted by molar-refractivity contribution is 6.30. The number of methoxy groups -OCH3 is 1. The molecular weight excluding hydrogens is 348 g/mol. The summed E-state index contributed by atoms with van der Waals surface area (Å²) >= 11 is 5.94. The molecule has 0 amide bonds. The van der Waals surface area contributed by atoms with Crippen molar-refractivity contribution in [1.29, 1.82) is 0 Å². The highest BCUT2D eigenvalue weighted by Crippen LogP contribution is 2.21. The largest absolute Gasteiger partial charge is 0.383 e. The fraction of sp³-hybridized carbons (Fsp3) is 0.200. The minimum absolute atomic E-state index is 0.571. The molecule has 0 aliphatic rings. The Bertz CT molecular complexity index is 825. The van der Waals surface area contributed by atoms with Gasteiger partial charge in [-0.05, 0) is 17.7 Å². The second-order valence-electron chi connectivity index (χ2n) is 5.73. The van der Waals surface area contributed by atoms with Gasteiger partial charge in [0, 0.05) is 36.9 Å². The van der Waals surface area contributed by atoms with Gasteiger partial charge in [-0.3, -0.25) is 0 Å². The fourth-order valence-electron chi connectivity index (χ4n) is 2.43. The molecule has 0 aliphatic carbocycles. The molecule has 0 saturated carbocycles. The van der Waals surface area contributed by atoms with Crippen LogP contribution < -0.4 is 10.6 Å². The lowest BCUT2D eigenvalue weighted by Crippen LogP contribution is -2.12. The smallest absolute Gasteiger partial charge is 0.225 e. The summed E-state index contributed by atoms with van der Waals surface area (Å²) in [5, 5.41) is 7.28. The lowest BCUT2D eigenvalue weighted by atomic mass is 10.1. The number of hydrogen-bond donors (Lipinski definition) is 2. The van der Waals surface area contributed by atoms with Crippen LogP contribution in [0.1, 0.15) is 5.56 Å². The molecule has 0 unspecified atom stereocenters. The predicted molar refractivity (Wildman–Crippen MR) is 107 cm³/mol. The maximum Gasteiger partial charge on any atom is 0.225 e. The molecule has 5 nitrogen and oxygen atoms in total. The van der Waals surface area contributed by atoms with E-state index in [0.717, 1.165) is 27.7 Å². The fourth-order valence-corrected chi connectivity index (χ4v) is 2.56. The zero-order valence-electron chi connectivity index (χ0n) is 14.6. The van der Waals surface area contributed by atoms with Gasteiger partial charge >= 0.3 is 0 Å². The number of benzene rings is 2. The minimum atomic E-state index is 0.571. The van der Waals surface area contributed by atoms with Crippen LogP contribution in [0.5, 0.6) is 0 Å². The van der Waals surface area contributed by atoms with Gasteiger partial charge < -0.3 is 15.4 Å². The maximum absolute atomic E-state index is 5.94. The zero-order valence-corrected chi connectivity index (χ0v) is 15.3. The summed E-state index contributed by atoms with van der Waals surface area (Å²) in [6, 6.07) is 19.7. The Morgan fingerprint density at radius 2 is 1.73 bits per heavy atom. The van der Waals surface area contributed by atoms with Crippen LogP contribution in [0.4, 0.5) is 11.8 Å². The molecule has 6 heteroatoms. The van der Waals surface area contributed by atoms with E-state index in [2.05, 4.69) is 20.6 Å². The molecule has 0 spiro atoms. The van der Waals surface area contributed by atoms with Gasteiger partial charge in [0.1, 0.15) is 5.82 Å². The van der Waals surface area contributed by atoms with E-state index >= 15 is 0 Å². The van der Waals surface area contributed by atoms with E-state index in [4.69, 9.17) is 16.3 Å². The van der Waals surface area contributed by atoms with Crippen molar-refractivity contribution in [2.24, 2.45) is 0 Å². The summed E-state index contributed by atoms with van der Waals surface area (Å²) in [5.74, 6) is 1.33. The molecule has 26 heavy (non-hydrogen) atoms. The number of anilines is 2. The van der Waals surface area contributed by atoms with Crippen molar-refractivity contribution in [3.05, 3.63) is 71.2 Å². The topological polar surface area (TPSA) is 59.1 Å². The van der Waals surface area contributed by atoms with Crippen LogP contribution in [-0.4, -0.2) is 30.2 Å². The number of rotatable bonds is 8. The predicted octanol–water partition coefficient (Wildman–Crippen LogP) is 4.47. The first-order chi connectivity index (χ1) is 12.7. The van der Waals surface area contributed by atoms with Crippen LogP contribution in [0.3, 0.4) is 0 Å². The number of nitrogens with zero attached hydrogens (tertiary/aromatic N) is 2. The Morgan fingerprint density at radius 3 is 2.46 bits per heavy atom. The number of ether oxygens (including phenoxy) is 1. The Labute approximate surface area is 158 Å². The van der Waals surface area contributed by atoms with E-state index < -0.39 is 0 Å². The van der Waals surface area contributed by atoms with Crippen molar-refractivity contribution >= 4 is 23.4 Å². The molecule has 0 saturated heterocycles. The van der Waals surface area contributed by atoms with Gasteiger partial charge in [-0.1, -0.05) is 54.1 Å². The second kappa shape index (κ2) is 9.17. The van der Waals surface area contributed by atoms with Crippen molar-refractivity contribution in [3.63, 3.8) is 0 Å². The molecule has 2 N–H and O–H groups in total. The van der Waals surface area contributed by atoms with Crippen molar-refractivity contribution in [2.45, 2.75) is 6.54 Å². The number of nitrogens with one attached hydrogen (secondary N) is 2. The Hall–Kier alpha value is -2.63. The molecule has 3 aromatic rings. The number of aromatic nitrogens is 2. The third kappa shape index (κ3) is 5.18. The van der Waals surface area contributed by atoms with Gasteiger partial charge in [0.25, 0.3) is 0 Å². The molecule has 0 bridgehead atoms. The second-order valence-corrected chi connectivity index (χ2v) is 6.16. The minimum Gasteiger partial charge on any atom is -0.383 e. The van der Waals surface area contributed by atoms with Crippen molar-refractivity contribution in [1.82, 2.24) is 9.97 Å². The maximum atomic E-state index is 5.94. The molecule has 1 heterocycles. The van der Waals surface area contributed by atoms with E-state index in [1.54, 1.807) is 7.11 Å². The zero-order chi connectivity index (χ0) is 18.2. The summed E-state index contributed by atoms with van der Waals surface area (Å²) in [7, 11) is 1.67. The molecule has 0 radical (unpaired) electrons. The first-order valence-corrected chi connectivity index (χ1v) is 8.78. The van der Waals surface area contributed by atoms with E-state index in [1.165, 1.54) is 0 Å². The van der Waals surface area contributed by atoms with E-state index in [-0.39, 0.29) is 0 Å².